The van der Waals surface area contributed by atoms with Crippen molar-refractivity contribution < 1.29 is 13.5 Å². The maximum atomic E-state index is 14.7. The molecule has 0 aliphatic carbocycles. The van der Waals surface area contributed by atoms with Gasteiger partial charge in [0, 0.05) is 60.2 Å². The number of pyridine rings is 1. The zero-order valence-corrected chi connectivity index (χ0v) is 18.8. The number of hydrogen-bond donors (Lipinski definition) is 1. The number of methoxy groups -OCH3 is 1. The van der Waals surface area contributed by atoms with Gasteiger partial charge in [-0.15, -0.1) is 0 Å². The first kappa shape index (κ1) is 21.6. The summed E-state index contributed by atoms with van der Waals surface area (Å²) in [5, 5.41) is 5.45. The molecule has 3 aromatic heterocycles. The molecule has 0 atom stereocenters. The summed E-state index contributed by atoms with van der Waals surface area (Å²) in [5.41, 5.74) is 3.33. The molecule has 0 amide bonds. The van der Waals surface area contributed by atoms with Gasteiger partial charge in [0.1, 0.15) is 11.5 Å². The van der Waals surface area contributed by atoms with E-state index in [4.69, 9.17) is 4.74 Å². The summed E-state index contributed by atoms with van der Waals surface area (Å²) in [7, 11) is 1.37. The highest BCUT2D eigenvalue weighted by atomic mass is 19.1. The van der Waals surface area contributed by atoms with Gasteiger partial charge >= 0.3 is 0 Å². The number of piperidine rings is 1. The summed E-state index contributed by atoms with van der Waals surface area (Å²) in [6, 6.07) is 4.94. The van der Waals surface area contributed by atoms with Gasteiger partial charge in [-0.1, -0.05) is 6.92 Å². The molecule has 1 aliphatic rings. The van der Waals surface area contributed by atoms with Crippen LogP contribution in [0.25, 0.3) is 22.2 Å². The molecule has 1 aliphatic heterocycles. The molecule has 172 valence electrons. The lowest BCUT2D eigenvalue weighted by atomic mass is 10.0. The molecule has 0 spiro atoms. The van der Waals surface area contributed by atoms with Crippen molar-refractivity contribution in [1.29, 1.82) is 0 Å². The third-order valence-electron chi connectivity index (χ3n) is 6.67. The standard InChI is InChI=1S/C25H27F2N5O/c1-3-31-8-6-19(7-9-31)32-15-18(14-30-32)16-10-20-17(13-29-25(20)28-12-16)11-21-22(26)4-5-23(33-2)24(21)27/h4-5,10,12-15,19H,3,6-9,11H2,1-2H3,(H,28,29). The summed E-state index contributed by atoms with van der Waals surface area (Å²) in [4.78, 5) is 10.1. The SMILES string of the molecule is CCN1CCC(n2cc(-c3cnc4[nH]cc(Cc5c(F)ccc(OC)c5F)c4c3)cn2)CC1. The van der Waals surface area contributed by atoms with Crippen LogP contribution >= 0.6 is 0 Å². The average molecular weight is 452 g/mol. The third kappa shape index (κ3) is 4.11. The van der Waals surface area contributed by atoms with Gasteiger partial charge in [-0.25, -0.2) is 13.8 Å². The predicted molar refractivity (Wildman–Crippen MR) is 123 cm³/mol. The maximum absolute atomic E-state index is 14.7. The van der Waals surface area contributed by atoms with Gasteiger partial charge < -0.3 is 14.6 Å². The van der Waals surface area contributed by atoms with Gasteiger partial charge in [-0.05, 0) is 43.1 Å². The topological polar surface area (TPSA) is 59.0 Å². The number of halogens is 2. The molecule has 1 N–H and O–H groups in total. The smallest absolute Gasteiger partial charge is 0.171 e. The third-order valence-corrected chi connectivity index (χ3v) is 6.67. The zero-order chi connectivity index (χ0) is 22.9. The van der Waals surface area contributed by atoms with E-state index in [2.05, 4.69) is 37.8 Å². The molecule has 33 heavy (non-hydrogen) atoms. The Morgan fingerprint density at radius 2 is 1.97 bits per heavy atom. The molecule has 1 fully saturated rings. The number of ether oxygens (including phenoxy) is 1. The van der Waals surface area contributed by atoms with Crippen LogP contribution in [0.3, 0.4) is 0 Å². The number of nitrogens with zero attached hydrogens (tertiary/aromatic N) is 4. The summed E-state index contributed by atoms with van der Waals surface area (Å²) < 4.78 is 36.2. The van der Waals surface area contributed by atoms with E-state index in [0.29, 0.717) is 11.7 Å². The summed E-state index contributed by atoms with van der Waals surface area (Å²) >= 11 is 0. The maximum Gasteiger partial charge on any atom is 0.171 e. The highest BCUT2D eigenvalue weighted by molar-refractivity contribution is 5.84. The second kappa shape index (κ2) is 8.94. The molecule has 0 unspecified atom stereocenters. The van der Waals surface area contributed by atoms with Crippen LogP contribution in [0.1, 0.15) is 36.9 Å². The monoisotopic (exact) mass is 451 g/mol. The van der Waals surface area contributed by atoms with E-state index in [1.807, 2.05) is 12.3 Å². The van der Waals surface area contributed by atoms with Crippen LogP contribution < -0.4 is 4.74 Å². The van der Waals surface area contributed by atoms with Crippen molar-refractivity contribution in [2.24, 2.45) is 0 Å². The number of nitrogens with one attached hydrogen (secondary N) is 1. The Labute approximate surface area is 191 Å². The van der Waals surface area contributed by atoms with E-state index in [9.17, 15) is 8.78 Å². The number of hydrogen-bond acceptors (Lipinski definition) is 4. The summed E-state index contributed by atoms with van der Waals surface area (Å²) in [6.45, 7) is 5.47. The lowest BCUT2D eigenvalue weighted by Crippen LogP contribution is -2.34. The van der Waals surface area contributed by atoms with Crippen LogP contribution in [0, 0.1) is 11.6 Å². The van der Waals surface area contributed by atoms with Gasteiger partial charge in [-0.3, -0.25) is 4.68 Å². The van der Waals surface area contributed by atoms with Crippen LogP contribution in [-0.4, -0.2) is 51.4 Å². The Morgan fingerprint density at radius 1 is 1.15 bits per heavy atom. The molecule has 0 saturated carbocycles. The molecule has 5 rings (SSSR count). The summed E-state index contributed by atoms with van der Waals surface area (Å²) in [6.07, 6.45) is 9.76. The van der Waals surface area contributed by atoms with E-state index in [-0.39, 0.29) is 17.7 Å². The number of aromatic amines is 1. The number of likely N-dealkylation sites (tertiary alicyclic amines) is 1. The van der Waals surface area contributed by atoms with Crippen LogP contribution in [-0.2, 0) is 6.42 Å². The van der Waals surface area contributed by atoms with Crippen LogP contribution in [0.5, 0.6) is 5.75 Å². The molecule has 8 heteroatoms. The minimum Gasteiger partial charge on any atom is -0.494 e. The van der Waals surface area contributed by atoms with E-state index in [1.165, 1.54) is 19.2 Å². The molecule has 1 aromatic carbocycles. The van der Waals surface area contributed by atoms with E-state index in [1.54, 1.807) is 12.4 Å². The van der Waals surface area contributed by atoms with Crippen LogP contribution in [0.4, 0.5) is 8.78 Å². The molecule has 1 saturated heterocycles. The first-order valence-corrected chi connectivity index (χ1v) is 11.3. The largest absolute Gasteiger partial charge is 0.494 e. The Morgan fingerprint density at radius 3 is 2.73 bits per heavy atom. The Hall–Kier alpha value is -3.26. The number of aromatic nitrogens is 4. The van der Waals surface area contributed by atoms with E-state index < -0.39 is 11.6 Å². The van der Waals surface area contributed by atoms with Gasteiger partial charge in [0.25, 0.3) is 0 Å². The van der Waals surface area contributed by atoms with Crippen molar-refractivity contribution in [2.75, 3.05) is 26.7 Å². The summed E-state index contributed by atoms with van der Waals surface area (Å²) in [5.74, 6) is -1.24. The molecule has 4 aromatic rings. The van der Waals surface area contributed by atoms with Gasteiger partial charge in [0.2, 0.25) is 0 Å². The van der Waals surface area contributed by atoms with Crippen LogP contribution in [0.15, 0.2) is 43.0 Å². The molecular formula is C25H27F2N5O. The number of rotatable bonds is 6. The second-order valence-corrected chi connectivity index (χ2v) is 8.53. The lowest BCUT2D eigenvalue weighted by Gasteiger charge is -2.31. The molecular weight excluding hydrogens is 424 g/mol. The van der Waals surface area contributed by atoms with Crippen molar-refractivity contribution in [3.05, 3.63) is 65.7 Å². The van der Waals surface area contributed by atoms with Gasteiger partial charge in [0.15, 0.2) is 11.6 Å². The molecule has 0 bridgehead atoms. The van der Waals surface area contributed by atoms with Crippen molar-refractivity contribution >= 4 is 11.0 Å². The molecule has 6 nitrogen and oxygen atoms in total. The van der Waals surface area contributed by atoms with E-state index >= 15 is 0 Å². The normalized spacial score (nSPS) is 15.4. The highest BCUT2D eigenvalue weighted by Crippen LogP contribution is 2.30. The predicted octanol–water partition coefficient (Wildman–Crippen LogP) is 4.96. The first-order chi connectivity index (χ1) is 16.1. The quantitative estimate of drug-likeness (QED) is 0.450. The number of fused-ring (bicyclic) bond motifs is 1. The zero-order valence-electron chi connectivity index (χ0n) is 18.8. The van der Waals surface area contributed by atoms with Crippen molar-refractivity contribution in [1.82, 2.24) is 24.6 Å². The number of benzene rings is 1. The molecule has 4 heterocycles. The first-order valence-electron chi connectivity index (χ1n) is 11.3. The van der Waals surface area contributed by atoms with Crippen LogP contribution in [0.2, 0.25) is 0 Å². The Kier molecular flexibility index (Phi) is 5.85. The minimum atomic E-state index is -0.675. The fraction of sp³-hybridized carbons (Fsp3) is 0.360. The Balaban J connectivity index is 1.42. The highest BCUT2D eigenvalue weighted by Gasteiger charge is 2.21. The van der Waals surface area contributed by atoms with Gasteiger partial charge in [-0.2, -0.15) is 5.10 Å². The average Bonchev–Trinajstić information content (AvgIpc) is 3.49. The Bertz CT molecular complexity index is 1270. The van der Waals surface area contributed by atoms with Crippen molar-refractivity contribution in [3.63, 3.8) is 0 Å². The van der Waals surface area contributed by atoms with Crippen molar-refractivity contribution in [2.45, 2.75) is 32.2 Å². The number of H-pyrrole nitrogens is 1. The minimum absolute atomic E-state index is 0.0214. The van der Waals surface area contributed by atoms with Gasteiger partial charge in [0.05, 0.1) is 19.3 Å². The van der Waals surface area contributed by atoms with Crippen molar-refractivity contribution in [3.8, 4) is 16.9 Å². The second-order valence-electron chi connectivity index (χ2n) is 8.53. The lowest BCUT2D eigenvalue weighted by molar-refractivity contribution is 0.187. The van der Waals surface area contributed by atoms with E-state index in [0.717, 1.165) is 54.6 Å². The fourth-order valence-electron chi connectivity index (χ4n) is 4.64. The molecule has 0 radical (unpaired) electrons. The fourth-order valence-corrected chi connectivity index (χ4v) is 4.64.